The van der Waals surface area contributed by atoms with E-state index in [0.29, 0.717) is 5.92 Å². The van der Waals surface area contributed by atoms with Crippen LogP contribution in [0.15, 0.2) is 97.1 Å². The Morgan fingerprint density at radius 3 is 1.19 bits per heavy atom. The molecule has 0 radical (unpaired) electrons. The number of nitrogen functional groups attached to an aromatic ring is 2. The van der Waals surface area contributed by atoms with Crippen LogP contribution in [0.1, 0.15) is 72.4 Å². The molecule has 0 bridgehead atoms. The molecule has 2 heteroatoms. The molecule has 4 rings (SSSR count). The van der Waals surface area contributed by atoms with E-state index in [0.717, 1.165) is 37.1 Å². The van der Waals surface area contributed by atoms with E-state index in [1.807, 2.05) is 24.3 Å². The molecular weight excluding hydrogens is 448 g/mol. The Hall–Kier alpha value is -3.52. The second-order valence-electron chi connectivity index (χ2n) is 10.6. The van der Waals surface area contributed by atoms with Gasteiger partial charge in [0, 0.05) is 11.4 Å². The molecule has 0 amide bonds. The van der Waals surface area contributed by atoms with Crippen LogP contribution < -0.4 is 11.5 Å². The molecule has 0 saturated carbocycles. The molecule has 0 heterocycles. The maximum Gasteiger partial charge on any atom is 0.0314 e. The van der Waals surface area contributed by atoms with Gasteiger partial charge in [0.05, 0.1) is 0 Å². The summed E-state index contributed by atoms with van der Waals surface area (Å²) in [6, 6.07) is 34.9. The largest absolute Gasteiger partial charge is 0.399 e. The molecule has 0 aliphatic heterocycles. The van der Waals surface area contributed by atoms with Crippen molar-refractivity contribution in [1.82, 2.24) is 0 Å². The lowest BCUT2D eigenvalue weighted by molar-refractivity contribution is 0.449. The van der Waals surface area contributed by atoms with E-state index >= 15 is 0 Å². The van der Waals surface area contributed by atoms with Crippen LogP contribution in [0.3, 0.4) is 0 Å². The number of unbranched alkanes of at least 4 members (excludes halogenated alkanes) is 3. The van der Waals surface area contributed by atoms with Crippen molar-refractivity contribution in [2.24, 2.45) is 5.92 Å². The second kappa shape index (κ2) is 13.7. The Kier molecular flexibility index (Phi) is 9.82. The standard InChI is InChI=1S/C35H42N2/c1-2-3-4-5-6-33(25-29-11-7-27(8-12-29)23-31-15-19-34(36)20-16-31)26-30-13-9-28(10-14-30)24-32-17-21-35(37)22-18-32/h7-22,33H,2-6,23-26,36-37H2,1H3. The van der Waals surface area contributed by atoms with Crippen molar-refractivity contribution in [1.29, 1.82) is 0 Å². The highest BCUT2D eigenvalue weighted by Crippen LogP contribution is 2.23. The molecule has 0 spiro atoms. The van der Waals surface area contributed by atoms with Crippen molar-refractivity contribution in [2.45, 2.75) is 64.7 Å². The Bertz CT molecular complexity index is 1100. The summed E-state index contributed by atoms with van der Waals surface area (Å²) >= 11 is 0. The molecule has 4 aromatic rings. The minimum atomic E-state index is 0.669. The molecule has 0 aliphatic rings. The number of anilines is 2. The summed E-state index contributed by atoms with van der Waals surface area (Å²) in [7, 11) is 0. The van der Waals surface area contributed by atoms with Crippen LogP contribution in [0, 0.1) is 5.92 Å². The zero-order valence-electron chi connectivity index (χ0n) is 22.3. The number of hydrogen-bond donors (Lipinski definition) is 2. The van der Waals surface area contributed by atoms with Gasteiger partial charge in [-0.15, -0.1) is 0 Å². The fourth-order valence-corrected chi connectivity index (χ4v) is 5.13. The van der Waals surface area contributed by atoms with Crippen LogP contribution in [0.4, 0.5) is 11.4 Å². The average Bonchev–Trinajstić information content (AvgIpc) is 2.91. The predicted octanol–water partition coefficient (Wildman–Crippen LogP) is 8.40. The van der Waals surface area contributed by atoms with E-state index in [-0.39, 0.29) is 0 Å². The van der Waals surface area contributed by atoms with Gasteiger partial charge in [-0.05, 0) is 95.7 Å². The third-order valence-electron chi connectivity index (χ3n) is 7.34. The summed E-state index contributed by atoms with van der Waals surface area (Å²) in [6.07, 6.45) is 10.8. The average molecular weight is 491 g/mol. The second-order valence-corrected chi connectivity index (χ2v) is 10.6. The van der Waals surface area contributed by atoms with Gasteiger partial charge in [-0.3, -0.25) is 0 Å². The maximum atomic E-state index is 5.83. The summed E-state index contributed by atoms with van der Waals surface area (Å²) < 4.78 is 0. The van der Waals surface area contributed by atoms with Gasteiger partial charge in [-0.25, -0.2) is 0 Å². The van der Waals surface area contributed by atoms with Crippen molar-refractivity contribution >= 4 is 11.4 Å². The number of hydrogen-bond acceptors (Lipinski definition) is 2. The highest BCUT2D eigenvalue weighted by molar-refractivity contribution is 5.42. The molecule has 0 unspecified atom stereocenters. The summed E-state index contributed by atoms with van der Waals surface area (Å²) in [5.41, 5.74) is 21.5. The summed E-state index contributed by atoms with van der Waals surface area (Å²) in [5.74, 6) is 0.669. The molecule has 0 atom stereocenters. The third-order valence-corrected chi connectivity index (χ3v) is 7.34. The molecule has 0 saturated heterocycles. The van der Waals surface area contributed by atoms with Gasteiger partial charge in [0.2, 0.25) is 0 Å². The van der Waals surface area contributed by atoms with Crippen LogP contribution in [0.2, 0.25) is 0 Å². The minimum absolute atomic E-state index is 0.669. The SMILES string of the molecule is CCCCCCC(Cc1ccc(Cc2ccc(N)cc2)cc1)Cc1ccc(Cc2ccc(N)cc2)cc1. The molecule has 2 nitrogen and oxygen atoms in total. The van der Waals surface area contributed by atoms with E-state index in [1.165, 1.54) is 65.5 Å². The number of benzene rings is 4. The first-order chi connectivity index (χ1) is 18.1. The van der Waals surface area contributed by atoms with E-state index in [4.69, 9.17) is 11.5 Å². The maximum absolute atomic E-state index is 5.83. The van der Waals surface area contributed by atoms with Crippen molar-refractivity contribution < 1.29 is 0 Å². The van der Waals surface area contributed by atoms with Crippen LogP contribution in [-0.2, 0) is 25.7 Å². The van der Waals surface area contributed by atoms with Crippen molar-refractivity contribution in [2.75, 3.05) is 11.5 Å². The molecule has 4 N–H and O–H groups in total. The highest BCUT2D eigenvalue weighted by atomic mass is 14.5. The number of rotatable bonds is 13. The Balaban J connectivity index is 1.37. The van der Waals surface area contributed by atoms with Crippen molar-refractivity contribution in [3.63, 3.8) is 0 Å². The Labute approximate surface area is 223 Å². The molecule has 192 valence electrons. The first-order valence-corrected chi connectivity index (χ1v) is 13.9. The smallest absolute Gasteiger partial charge is 0.0314 e. The summed E-state index contributed by atoms with van der Waals surface area (Å²) in [4.78, 5) is 0. The van der Waals surface area contributed by atoms with E-state index in [1.54, 1.807) is 0 Å². The lowest BCUT2D eigenvalue weighted by Gasteiger charge is -2.18. The molecule has 37 heavy (non-hydrogen) atoms. The van der Waals surface area contributed by atoms with Crippen LogP contribution in [0.5, 0.6) is 0 Å². The highest BCUT2D eigenvalue weighted by Gasteiger charge is 2.12. The molecule has 0 aromatic heterocycles. The first kappa shape index (κ1) is 26.5. The van der Waals surface area contributed by atoms with Crippen molar-refractivity contribution in [3.8, 4) is 0 Å². The zero-order valence-corrected chi connectivity index (χ0v) is 22.3. The minimum Gasteiger partial charge on any atom is -0.399 e. The van der Waals surface area contributed by atoms with E-state index < -0.39 is 0 Å². The monoisotopic (exact) mass is 490 g/mol. The van der Waals surface area contributed by atoms with Gasteiger partial charge in [0.25, 0.3) is 0 Å². The quantitative estimate of drug-likeness (QED) is 0.146. The molecule has 0 fully saturated rings. The fraction of sp³-hybridized carbons (Fsp3) is 0.314. The third kappa shape index (κ3) is 8.82. The van der Waals surface area contributed by atoms with Gasteiger partial charge < -0.3 is 11.5 Å². The normalized spacial score (nSPS) is 11.2. The van der Waals surface area contributed by atoms with Crippen molar-refractivity contribution in [3.05, 3.63) is 130 Å². The lowest BCUT2D eigenvalue weighted by Crippen LogP contribution is -2.09. The predicted molar refractivity (Wildman–Crippen MR) is 160 cm³/mol. The van der Waals surface area contributed by atoms with Gasteiger partial charge in [0.15, 0.2) is 0 Å². The Morgan fingerprint density at radius 2 is 0.811 bits per heavy atom. The fourth-order valence-electron chi connectivity index (χ4n) is 5.13. The topological polar surface area (TPSA) is 52.0 Å². The van der Waals surface area contributed by atoms with Crippen LogP contribution in [0.25, 0.3) is 0 Å². The summed E-state index contributed by atoms with van der Waals surface area (Å²) in [6.45, 7) is 2.29. The first-order valence-electron chi connectivity index (χ1n) is 13.9. The Morgan fingerprint density at radius 1 is 0.459 bits per heavy atom. The molecular formula is C35H42N2. The molecule has 4 aromatic carbocycles. The number of nitrogens with two attached hydrogens (primary N) is 2. The van der Waals surface area contributed by atoms with E-state index in [9.17, 15) is 0 Å². The van der Waals surface area contributed by atoms with Gasteiger partial charge in [-0.2, -0.15) is 0 Å². The van der Waals surface area contributed by atoms with Gasteiger partial charge in [-0.1, -0.05) is 105 Å². The zero-order chi connectivity index (χ0) is 25.9. The summed E-state index contributed by atoms with van der Waals surface area (Å²) in [5, 5.41) is 0. The van der Waals surface area contributed by atoms with Crippen LogP contribution in [-0.4, -0.2) is 0 Å². The van der Waals surface area contributed by atoms with Gasteiger partial charge in [0.1, 0.15) is 0 Å². The van der Waals surface area contributed by atoms with Crippen LogP contribution >= 0.6 is 0 Å². The van der Waals surface area contributed by atoms with E-state index in [2.05, 4.69) is 79.7 Å². The lowest BCUT2D eigenvalue weighted by atomic mass is 9.87. The van der Waals surface area contributed by atoms with Gasteiger partial charge >= 0.3 is 0 Å². The molecule has 0 aliphatic carbocycles.